The summed E-state index contributed by atoms with van der Waals surface area (Å²) in [5.41, 5.74) is 0.547. The number of aryl methyl sites for hydroxylation is 1. The Labute approximate surface area is 112 Å². The van der Waals surface area contributed by atoms with E-state index in [2.05, 4.69) is 25.8 Å². The number of hydrogen-bond donors (Lipinski definition) is 1. The van der Waals surface area contributed by atoms with Crippen molar-refractivity contribution in [1.82, 2.24) is 4.98 Å². The van der Waals surface area contributed by atoms with Crippen LogP contribution < -0.4 is 0 Å². The van der Waals surface area contributed by atoms with Crippen LogP contribution in [0, 0.1) is 5.41 Å². The highest BCUT2D eigenvalue weighted by Crippen LogP contribution is 2.38. The Morgan fingerprint density at radius 3 is 2.39 bits per heavy atom. The van der Waals surface area contributed by atoms with E-state index in [-0.39, 0.29) is 11.5 Å². The molecule has 1 heterocycles. The van der Waals surface area contributed by atoms with Crippen LogP contribution in [0.2, 0.25) is 0 Å². The Bertz CT molecular complexity index is 420. The molecule has 5 heteroatoms. The molecule has 0 saturated carbocycles. The van der Waals surface area contributed by atoms with Crippen molar-refractivity contribution < 1.29 is 14.6 Å². The van der Waals surface area contributed by atoms with Crippen LogP contribution in [0.3, 0.4) is 0 Å². The van der Waals surface area contributed by atoms with Gasteiger partial charge in [0.1, 0.15) is 16.0 Å². The first-order valence-electron chi connectivity index (χ1n) is 6.15. The van der Waals surface area contributed by atoms with Crippen molar-refractivity contribution in [3.8, 4) is 0 Å². The van der Waals surface area contributed by atoms with Crippen molar-refractivity contribution in [2.24, 2.45) is 5.41 Å². The summed E-state index contributed by atoms with van der Waals surface area (Å²) in [6, 6.07) is 0. The largest absolute Gasteiger partial charge is 0.477 e. The van der Waals surface area contributed by atoms with Crippen LogP contribution in [0.5, 0.6) is 0 Å². The van der Waals surface area contributed by atoms with Crippen molar-refractivity contribution in [1.29, 1.82) is 0 Å². The molecule has 0 aromatic carbocycles. The first-order valence-corrected chi connectivity index (χ1v) is 6.97. The Kier molecular flexibility index (Phi) is 4.87. The van der Waals surface area contributed by atoms with E-state index >= 15 is 0 Å². The number of aromatic carboxylic acids is 1. The van der Waals surface area contributed by atoms with Gasteiger partial charge in [-0.25, -0.2) is 9.78 Å². The van der Waals surface area contributed by atoms with Crippen molar-refractivity contribution in [2.75, 3.05) is 6.61 Å². The lowest BCUT2D eigenvalue weighted by atomic mass is 9.89. The molecule has 18 heavy (non-hydrogen) atoms. The van der Waals surface area contributed by atoms with E-state index in [1.54, 1.807) is 0 Å². The van der Waals surface area contributed by atoms with Gasteiger partial charge in [0.05, 0.1) is 5.69 Å². The highest BCUT2D eigenvalue weighted by Gasteiger charge is 2.31. The molecular formula is C13H21NO3S. The molecule has 0 aliphatic carbocycles. The van der Waals surface area contributed by atoms with Gasteiger partial charge in [-0.2, -0.15) is 0 Å². The minimum absolute atomic E-state index is 0.103. The quantitative estimate of drug-likeness (QED) is 0.890. The SMILES string of the molecule is CCOC(c1nc(CC)c(C(=O)O)s1)C(C)(C)C. The van der Waals surface area contributed by atoms with Crippen LogP contribution in [0.4, 0.5) is 0 Å². The molecule has 0 radical (unpaired) electrons. The number of ether oxygens (including phenoxy) is 1. The van der Waals surface area contributed by atoms with E-state index in [4.69, 9.17) is 9.84 Å². The average molecular weight is 271 g/mol. The third kappa shape index (κ3) is 3.29. The zero-order valence-corrected chi connectivity index (χ0v) is 12.4. The molecule has 0 bridgehead atoms. The average Bonchev–Trinajstić information content (AvgIpc) is 2.67. The summed E-state index contributed by atoms with van der Waals surface area (Å²) in [5.74, 6) is -0.903. The van der Waals surface area contributed by atoms with E-state index in [9.17, 15) is 4.79 Å². The summed E-state index contributed by atoms with van der Waals surface area (Å²) in [4.78, 5) is 15.9. The molecule has 1 aromatic rings. The van der Waals surface area contributed by atoms with E-state index < -0.39 is 5.97 Å². The van der Waals surface area contributed by atoms with Gasteiger partial charge in [-0.1, -0.05) is 27.7 Å². The maximum Gasteiger partial charge on any atom is 0.347 e. The normalized spacial score (nSPS) is 13.6. The summed E-state index contributed by atoms with van der Waals surface area (Å²) in [5, 5.41) is 9.92. The van der Waals surface area contributed by atoms with Gasteiger partial charge in [0.25, 0.3) is 0 Å². The number of carbonyl (C=O) groups is 1. The van der Waals surface area contributed by atoms with E-state index in [1.807, 2.05) is 13.8 Å². The smallest absolute Gasteiger partial charge is 0.347 e. The number of aromatic nitrogens is 1. The first-order chi connectivity index (χ1) is 8.31. The molecule has 0 aliphatic rings. The second-order valence-electron chi connectivity index (χ2n) is 5.19. The zero-order chi connectivity index (χ0) is 13.9. The lowest BCUT2D eigenvalue weighted by Gasteiger charge is -2.28. The highest BCUT2D eigenvalue weighted by molar-refractivity contribution is 7.13. The zero-order valence-electron chi connectivity index (χ0n) is 11.6. The van der Waals surface area contributed by atoms with Gasteiger partial charge in [-0.15, -0.1) is 11.3 Å². The van der Waals surface area contributed by atoms with Gasteiger partial charge < -0.3 is 9.84 Å². The highest BCUT2D eigenvalue weighted by atomic mass is 32.1. The molecule has 0 saturated heterocycles. The lowest BCUT2D eigenvalue weighted by molar-refractivity contribution is -0.0134. The Hall–Kier alpha value is -0.940. The van der Waals surface area contributed by atoms with Crippen LogP contribution in [0.1, 0.15) is 61.1 Å². The van der Waals surface area contributed by atoms with Crippen LogP contribution in [0.25, 0.3) is 0 Å². The van der Waals surface area contributed by atoms with Crippen LogP contribution in [-0.4, -0.2) is 22.7 Å². The lowest BCUT2D eigenvalue weighted by Crippen LogP contribution is -2.21. The van der Waals surface area contributed by atoms with Gasteiger partial charge in [0.15, 0.2) is 0 Å². The topological polar surface area (TPSA) is 59.4 Å². The molecule has 0 aliphatic heterocycles. The van der Waals surface area contributed by atoms with Crippen LogP contribution >= 0.6 is 11.3 Å². The number of hydrogen-bond acceptors (Lipinski definition) is 4. The molecule has 1 atom stereocenters. The van der Waals surface area contributed by atoms with Gasteiger partial charge in [0, 0.05) is 6.61 Å². The molecule has 0 amide bonds. The van der Waals surface area contributed by atoms with E-state index in [0.717, 1.165) is 5.01 Å². The third-order valence-electron chi connectivity index (χ3n) is 2.59. The van der Waals surface area contributed by atoms with Crippen molar-refractivity contribution in [3.63, 3.8) is 0 Å². The Balaban J connectivity index is 3.17. The number of carboxylic acid groups (broad SMARTS) is 1. The third-order valence-corrected chi connectivity index (χ3v) is 3.72. The van der Waals surface area contributed by atoms with E-state index in [1.165, 1.54) is 11.3 Å². The van der Waals surface area contributed by atoms with Gasteiger partial charge in [-0.3, -0.25) is 0 Å². The summed E-state index contributed by atoms with van der Waals surface area (Å²) in [6.45, 7) is 10.6. The molecular weight excluding hydrogens is 250 g/mol. The molecule has 0 spiro atoms. The summed E-state index contributed by atoms with van der Waals surface area (Å²) in [6.07, 6.45) is 0.465. The second kappa shape index (κ2) is 5.80. The predicted octanol–water partition coefficient (Wildman–Crippen LogP) is 3.53. The number of carboxylic acids is 1. The monoisotopic (exact) mass is 271 g/mol. The minimum Gasteiger partial charge on any atom is -0.477 e. The molecule has 1 aromatic heterocycles. The Morgan fingerprint density at radius 1 is 1.44 bits per heavy atom. The molecule has 0 fully saturated rings. The summed E-state index contributed by atoms with van der Waals surface area (Å²) < 4.78 is 5.74. The Morgan fingerprint density at radius 2 is 2.06 bits per heavy atom. The second-order valence-corrected chi connectivity index (χ2v) is 6.22. The van der Waals surface area contributed by atoms with Crippen molar-refractivity contribution in [2.45, 2.75) is 47.1 Å². The van der Waals surface area contributed by atoms with E-state index in [0.29, 0.717) is 23.6 Å². The maximum absolute atomic E-state index is 11.2. The standard InChI is InChI=1S/C13H21NO3S/c1-6-8-9(12(15)16)18-11(14-8)10(17-7-2)13(3,4)5/h10H,6-7H2,1-5H3,(H,15,16). The van der Waals surface area contributed by atoms with Gasteiger partial charge in [-0.05, 0) is 18.8 Å². The molecule has 1 N–H and O–H groups in total. The molecule has 1 unspecified atom stereocenters. The molecule has 1 rings (SSSR count). The first kappa shape index (κ1) is 15.1. The number of rotatable bonds is 5. The number of thiazole rings is 1. The fourth-order valence-corrected chi connectivity index (χ4v) is 3.04. The van der Waals surface area contributed by atoms with Crippen molar-refractivity contribution in [3.05, 3.63) is 15.6 Å². The fourth-order valence-electron chi connectivity index (χ4n) is 1.75. The van der Waals surface area contributed by atoms with Crippen molar-refractivity contribution >= 4 is 17.3 Å². The molecule has 102 valence electrons. The number of nitrogens with zero attached hydrogens (tertiary/aromatic N) is 1. The predicted molar refractivity (Wildman–Crippen MR) is 72.3 cm³/mol. The summed E-state index contributed by atoms with van der Waals surface area (Å²) >= 11 is 1.23. The molecule has 4 nitrogen and oxygen atoms in total. The minimum atomic E-state index is -0.903. The van der Waals surface area contributed by atoms with Gasteiger partial charge >= 0.3 is 5.97 Å². The fraction of sp³-hybridized carbons (Fsp3) is 0.692. The van der Waals surface area contributed by atoms with Crippen LogP contribution in [0.15, 0.2) is 0 Å². The van der Waals surface area contributed by atoms with Crippen LogP contribution in [-0.2, 0) is 11.2 Å². The van der Waals surface area contributed by atoms with Gasteiger partial charge in [0.2, 0.25) is 0 Å². The summed E-state index contributed by atoms with van der Waals surface area (Å²) in [7, 11) is 0. The maximum atomic E-state index is 11.2.